The van der Waals surface area contributed by atoms with Gasteiger partial charge in [0.05, 0.1) is 18.2 Å². The van der Waals surface area contributed by atoms with Gasteiger partial charge in [-0.3, -0.25) is 4.79 Å². The summed E-state index contributed by atoms with van der Waals surface area (Å²) >= 11 is 0. The summed E-state index contributed by atoms with van der Waals surface area (Å²) in [7, 11) is 0. The molecule has 0 aliphatic carbocycles. The zero-order chi connectivity index (χ0) is 20.9. The van der Waals surface area contributed by atoms with Gasteiger partial charge in [-0.2, -0.15) is 5.26 Å². The Hall–Kier alpha value is -3.39. The van der Waals surface area contributed by atoms with E-state index in [4.69, 9.17) is 14.7 Å². The van der Waals surface area contributed by atoms with Gasteiger partial charge in [0.25, 0.3) is 0 Å². The highest BCUT2D eigenvalue weighted by molar-refractivity contribution is 5.81. The number of ether oxygens (including phenoxy) is 2. The van der Waals surface area contributed by atoms with Gasteiger partial charge >= 0.3 is 11.9 Å². The van der Waals surface area contributed by atoms with Crippen LogP contribution in [0.1, 0.15) is 44.1 Å². The fourth-order valence-corrected chi connectivity index (χ4v) is 2.77. The van der Waals surface area contributed by atoms with E-state index in [1.54, 1.807) is 24.3 Å². The molecule has 0 N–H and O–H groups in total. The Labute approximate surface area is 171 Å². The van der Waals surface area contributed by atoms with Crippen LogP contribution in [-0.2, 0) is 14.3 Å². The molecule has 0 fully saturated rings. The van der Waals surface area contributed by atoms with Crippen LogP contribution in [-0.4, -0.2) is 18.5 Å². The largest absolute Gasteiger partial charge is 0.463 e. The molecule has 0 aromatic heterocycles. The predicted octanol–water partition coefficient (Wildman–Crippen LogP) is 5.20. The van der Waals surface area contributed by atoms with Gasteiger partial charge in [0.1, 0.15) is 5.75 Å². The minimum Gasteiger partial charge on any atom is -0.463 e. The van der Waals surface area contributed by atoms with Crippen molar-refractivity contribution in [2.75, 3.05) is 6.61 Å². The first kappa shape index (κ1) is 21.9. The zero-order valence-corrected chi connectivity index (χ0v) is 16.4. The second-order valence-corrected chi connectivity index (χ2v) is 6.58. The molecule has 5 heteroatoms. The molecule has 0 saturated heterocycles. The summed E-state index contributed by atoms with van der Waals surface area (Å²) in [6.07, 6.45) is 6.00. The zero-order valence-electron chi connectivity index (χ0n) is 16.4. The molecule has 0 aliphatic heterocycles. The highest BCUT2D eigenvalue weighted by atomic mass is 16.5. The first-order valence-electron chi connectivity index (χ1n) is 9.73. The minimum absolute atomic E-state index is 0.240. The molecule has 0 aliphatic rings. The number of hydrogen-bond acceptors (Lipinski definition) is 5. The quantitative estimate of drug-likeness (QED) is 0.228. The maximum atomic E-state index is 12.0. The van der Waals surface area contributed by atoms with Crippen molar-refractivity contribution in [2.24, 2.45) is 0 Å². The van der Waals surface area contributed by atoms with Crippen LogP contribution in [0.25, 0.3) is 11.1 Å². The molecule has 2 rings (SSSR count). The lowest BCUT2D eigenvalue weighted by molar-refractivity contribution is -0.138. The third-order valence-corrected chi connectivity index (χ3v) is 4.37. The maximum absolute atomic E-state index is 12.0. The van der Waals surface area contributed by atoms with Gasteiger partial charge in [-0.25, -0.2) is 4.79 Å². The molecular formula is C24H25NO4. The Morgan fingerprint density at radius 1 is 0.897 bits per heavy atom. The number of hydrogen-bond donors (Lipinski definition) is 0. The lowest BCUT2D eigenvalue weighted by Crippen LogP contribution is -2.07. The van der Waals surface area contributed by atoms with E-state index in [9.17, 15) is 9.59 Å². The van der Waals surface area contributed by atoms with Crippen LogP contribution >= 0.6 is 0 Å². The molecule has 0 unspecified atom stereocenters. The molecule has 0 radical (unpaired) electrons. The summed E-state index contributed by atoms with van der Waals surface area (Å²) in [5.41, 5.74) is 2.62. The normalized spacial score (nSPS) is 10.0. The van der Waals surface area contributed by atoms with Crippen molar-refractivity contribution in [3.8, 4) is 22.9 Å². The van der Waals surface area contributed by atoms with Gasteiger partial charge in [-0.1, -0.05) is 50.1 Å². The van der Waals surface area contributed by atoms with Crippen molar-refractivity contribution < 1.29 is 19.1 Å². The monoisotopic (exact) mass is 391 g/mol. The molecule has 0 atom stereocenters. The lowest BCUT2D eigenvalue weighted by atomic mass is 10.0. The van der Waals surface area contributed by atoms with Crippen LogP contribution in [0.15, 0.2) is 61.2 Å². The fraction of sp³-hybridized carbons (Fsp3) is 0.292. The predicted molar refractivity (Wildman–Crippen MR) is 111 cm³/mol. The smallest absolute Gasteiger partial charge is 0.330 e. The summed E-state index contributed by atoms with van der Waals surface area (Å²) in [5.74, 6) is -0.106. The molecule has 0 bridgehead atoms. The van der Waals surface area contributed by atoms with Crippen molar-refractivity contribution in [3.05, 3.63) is 66.7 Å². The molecule has 29 heavy (non-hydrogen) atoms. The SMILES string of the molecule is C=CC(=O)OCCCCCCCC(=O)Oc1ccc(-c2ccc(C#N)cc2)cc1. The third-order valence-electron chi connectivity index (χ3n) is 4.37. The van der Waals surface area contributed by atoms with Gasteiger partial charge in [-0.05, 0) is 48.2 Å². The van der Waals surface area contributed by atoms with Crippen LogP contribution in [0.4, 0.5) is 0 Å². The number of nitrogens with zero attached hydrogens (tertiary/aromatic N) is 1. The van der Waals surface area contributed by atoms with Crippen LogP contribution in [0.2, 0.25) is 0 Å². The van der Waals surface area contributed by atoms with Crippen molar-refractivity contribution >= 4 is 11.9 Å². The summed E-state index contributed by atoms with van der Waals surface area (Å²) in [5, 5.41) is 8.85. The second kappa shape index (κ2) is 12.1. The number of benzene rings is 2. The van der Waals surface area contributed by atoms with Crippen molar-refractivity contribution in [1.29, 1.82) is 5.26 Å². The topological polar surface area (TPSA) is 76.4 Å². The minimum atomic E-state index is -0.391. The Morgan fingerprint density at radius 2 is 1.48 bits per heavy atom. The average Bonchev–Trinajstić information content (AvgIpc) is 2.76. The van der Waals surface area contributed by atoms with Gasteiger partial charge in [0.2, 0.25) is 0 Å². The van der Waals surface area contributed by atoms with E-state index in [2.05, 4.69) is 12.6 Å². The molecule has 2 aromatic rings. The van der Waals surface area contributed by atoms with Crippen LogP contribution in [0.5, 0.6) is 5.75 Å². The molecule has 0 heterocycles. The van der Waals surface area contributed by atoms with E-state index in [1.165, 1.54) is 0 Å². The molecular weight excluding hydrogens is 366 g/mol. The van der Waals surface area contributed by atoms with E-state index < -0.39 is 5.97 Å². The Morgan fingerprint density at radius 3 is 2.10 bits per heavy atom. The molecule has 2 aromatic carbocycles. The van der Waals surface area contributed by atoms with E-state index >= 15 is 0 Å². The highest BCUT2D eigenvalue weighted by Crippen LogP contribution is 2.23. The van der Waals surface area contributed by atoms with Crippen molar-refractivity contribution in [3.63, 3.8) is 0 Å². The highest BCUT2D eigenvalue weighted by Gasteiger charge is 2.06. The summed E-state index contributed by atoms with van der Waals surface area (Å²) in [6.45, 7) is 3.75. The summed E-state index contributed by atoms with van der Waals surface area (Å²) in [6, 6.07) is 16.8. The summed E-state index contributed by atoms with van der Waals surface area (Å²) < 4.78 is 10.3. The molecule has 150 valence electrons. The molecule has 0 spiro atoms. The van der Waals surface area contributed by atoms with Crippen LogP contribution < -0.4 is 4.74 Å². The van der Waals surface area contributed by atoms with E-state index in [0.29, 0.717) is 24.3 Å². The van der Waals surface area contributed by atoms with E-state index in [1.807, 2.05) is 24.3 Å². The maximum Gasteiger partial charge on any atom is 0.330 e. The van der Waals surface area contributed by atoms with Gasteiger partial charge in [0.15, 0.2) is 0 Å². The van der Waals surface area contributed by atoms with Crippen LogP contribution in [0, 0.1) is 11.3 Å². The first-order valence-corrected chi connectivity index (χ1v) is 9.73. The van der Waals surface area contributed by atoms with Crippen molar-refractivity contribution in [1.82, 2.24) is 0 Å². The molecule has 0 amide bonds. The van der Waals surface area contributed by atoms with Gasteiger partial charge in [-0.15, -0.1) is 0 Å². The lowest BCUT2D eigenvalue weighted by Gasteiger charge is -2.06. The Bertz CT molecular complexity index is 848. The number of nitriles is 1. The first-order chi connectivity index (χ1) is 14.1. The fourth-order valence-electron chi connectivity index (χ4n) is 2.77. The third kappa shape index (κ3) is 8.02. The molecule has 0 saturated carbocycles. The van der Waals surface area contributed by atoms with E-state index in [-0.39, 0.29) is 5.97 Å². The molecule has 5 nitrogen and oxygen atoms in total. The number of carbonyl (C=O) groups excluding carboxylic acids is 2. The number of rotatable bonds is 11. The Balaban J connectivity index is 1.64. The number of carbonyl (C=O) groups is 2. The van der Waals surface area contributed by atoms with Gasteiger partial charge < -0.3 is 9.47 Å². The van der Waals surface area contributed by atoms with Crippen LogP contribution in [0.3, 0.4) is 0 Å². The number of esters is 2. The Kier molecular flexibility index (Phi) is 9.17. The van der Waals surface area contributed by atoms with Crippen molar-refractivity contribution in [2.45, 2.75) is 38.5 Å². The number of unbranched alkanes of at least 4 members (excludes halogenated alkanes) is 4. The summed E-state index contributed by atoms with van der Waals surface area (Å²) in [4.78, 5) is 22.8. The van der Waals surface area contributed by atoms with E-state index in [0.717, 1.165) is 49.3 Å². The van der Waals surface area contributed by atoms with Gasteiger partial charge in [0, 0.05) is 12.5 Å². The average molecular weight is 391 g/mol. The standard InChI is InChI=1S/C24H25NO4/c1-2-23(26)28-17-7-5-3-4-6-8-24(27)29-22-15-13-21(14-16-22)20-11-9-19(18-25)10-12-20/h2,9-16H,1,3-8,17H2. The second-order valence-electron chi connectivity index (χ2n) is 6.58.